The summed E-state index contributed by atoms with van der Waals surface area (Å²) >= 11 is 0. The zero-order valence-electron chi connectivity index (χ0n) is 12.6. The van der Waals surface area contributed by atoms with E-state index in [4.69, 9.17) is 4.74 Å². The van der Waals surface area contributed by atoms with Crippen molar-refractivity contribution in [1.29, 1.82) is 0 Å². The van der Waals surface area contributed by atoms with Crippen molar-refractivity contribution >= 4 is 0 Å². The smallest absolute Gasteiger partial charge is 0.122 e. The van der Waals surface area contributed by atoms with Gasteiger partial charge in [-0.05, 0) is 31.5 Å². The summed E-state index contributed by atoms with van der Waals surface area (Å²) in [6.45, 7) is 3.78. The van der Waals surface area contributed by atoms with E-state index in [1.165, 1.54) is 5.56 Å². The molecule has 5 nitrogen and oxygen atoms in total. The average molecular weight is 286 g/mol. The van der Waals surface area contributed by atoms with E-state index >= 15 is 0 Å². The summed E-state index contributed by atoms with van der Waals surface area (Å²) in [6.07, 6.45) is 3.94. The van der Waals surface area contributed by atoms with Crippen LogP contribution in [0.5, 0.6) is 5.75 Å². The van der Waals surface area contributed by atoms with Crippen LogP contribution in [-0.4, -0.2) is 28.6 Å². The first kappa shape index (κ1) is 14.1. The van der Waals surface area contributed by atoms with Crippen LogP contribution >= 0.6 is 0 Å². The molecule has 0 saturated heterocycles. The molecule has 0 saturated carbocycles. The SMILES string of the molecule is CCCn1nncc1C(NC)C1COc2ccccc2C1. The number of aromatic nitrogens is 3. The molecule has 2 aromatic rings. The molecule has 112 valence electrons. The van der Waals surface area contributed by atoms with Gasteiger partial charge in [-0.3, -0.25) is 0 Å². The third kappa shape index (κ3) is 2.78. The second-order valence-electron chi connectivity index (χ2n) is 5.53. The monoisotopic (exact) mass is 286 g/mol. The van der Waals surface area contributed by atoms with Gasteiger partial charge >= 0.3 is 0 Å². The summed E-state index contributed by atoms with van der Waals surface area (Å²) < 4.78 is 7.93. The van der Waals surface area contributed by atoms with E-state index in [9.17, 15) is 0 Å². The van der Waals surface area contributed by atoms with Gasteiger partial charge in [0.1, 0.15) is 5.75 Å². The Morgan fingerprint density at radius 2 is 2.29 bits per heavy atom. The van der Waals surface area contributed by atoms with Gasteiger partial charge in [-0.25, -0.2) is 4.68 Å². The largest absolute Gasteiger partial charge is 0.493 e. The zero-order chi connectivity index (χ0) is 14.7. The molecule has 1 N–H and O–H groups in total. The van der Waals surface area contributed by atoms with Crippen molar-refractivity contribution in [2.45, 2.75) is 32.4 Å². The van der Waals surface area contributed by atoms with Crippen molar-refractivity contribution < 1.29 is 4.74 Å². The fraction of sp³-hybridized carbons (Fsp3) is 0.500. The molecule has 0 aliphatic carbocycles. The van der Waals surface area contributed by atoms with E-state index in [-0.39, 0.29) is 6.04 Å². The third-order valence-corrected chi connectivity index (χ3v) is 4.09. The van der Waals surface area contributed by atoms with Crippen LogP contribution in [0, 0.1) is 5.92 Å². The number of para-hydroxylation sites is 1. The van der Waals surface area contributed by atoms with Gasteiger partial charge in [0.25, 0.3) is 0 Å². The van der Waals surface area contributed by atoms with E-state index in [2.05, 4.69) is 34.7 Å². The molecule has 5 heteroatoms. The first-order valence-electron chi connectivity index (χ1n) is 7.59. The maximum Gasteiger partial charge on any atom is 0.122 e. The van der Waals surface area contributed by atoms with Crippen LogP contribution in [0.1, 0.15) is 30.6 Å². The topological polar surface area (TPSA) is 52.0 Å². The molecular formula is C16H22N4O. The van der Waals surface area contributed by atoms with Gasteiger partial charge < -0.3 is 10.1 Å². The fourth-order valence-corrected chi connectivity index (χ4v) is 3.08. The Kier molecular flexibility index (Phi) is 4.20. The highest BCUT2D eigenvalue weighted by molar-refractivity contribution is 5.35. The molecule has 0 spiro atoms. The molecule has 21 heavy (non-hydrogen) atoms. The van der Waals surface area contributed by atoms with E-state index in [1.807, 2.05) is 30.1 Å². The Balaban J connectivity index is 1.83. The van der Waals surface area contributed by atoms with Gasteiger partial charge in [0, 0.05) is 12.5 Å². The molecule has 3 rings (SSSR count). The second kappa shape index (κ2) is 6.26. The molecule has 2 unspecified atom stereocenters. The minimum atomic E-state index is 0.208. The zero-order valence-corrected chi connectivity index (χ0v) is 12.6. The van der Waals surface area contributed by atoms with Crippen molar-refractivity contribution in [3.8, 4) is 5.75 Å². The number of rotatable bonds is 5. The Morgan fingerprint density at radius 3 is 3.10 bits per heavy atom. The van der Waals surface area contributed by atoms with Gasteiger partial charge in [0.2, 0.25) is 0 Å². The summed E-state index contributed by atoms with van der Waals surface area (Å²) in [4.78, 5) is 0. The minimum Gasteiger partial charge on any atom is -0.493 e. The molecule has 0 radical (unpaired) electrons. The van der Waals surface area contributed by atoms with Crippen LogP contribution in [0.3, 0.4) is 0 Å². The summed E-state index contributed by atoms with van der Waals surface area (Å²) in [6, 6.07) is 8.50. The van der Waals surface area contributed by atoms with Gasteiger partial charge in [0.05, 0.1) is 24.5 Å². The van der Waals surface area contributed by atoms with Gasteiger partial charge in [-0.15, -0.1) is 5.10 Å². The van der Waals surface area contributed by atoms with Gasteiger partial charge in [-0.2, -0.15) is 0 Å². The normalized spacial score (nSPS) is 18.9. The number of aryl methyl sites for hydroxylation is 1. The average Bonchev–Trinajstić information content (AvgIpc) is 2.97. The van der Waals surface area contributed by atoms with Crippen molar-refractivity contribution in [2.75, 3.05) is 13.7 Å². The van der Waals surface area contributed by atoms with Crippen molar-refractivity contribution in [2.24, 2.45) is 5.92 Å². The molecule has 0 fully saturated rings. The lowest BCUT2D eigenvalue weighted by Crippen LogP contribution is -2.35. The molecular weight excluding hydrogens is 264 g/mol. The number of ether oxygens (including phenoxy) is 1. The predicted molar refractivity (Wildman–Crippen MR) is 81.2 cm³/mol. The first-order valence-corrected chi connectivity index (χ1v) is 7.59. The van der Waals surface area contributed by atoms with Crippen LogP contribution in [0.2, 0.25) is 0 Å². The van der Waals surface area contributed by atoms with Crippen LogP contribution in [0.4, 0.5) is 0 Å². The molecule has 2 heterocycles. The number of hydrogen-bond acceptors (Lipinski definition) is 4. The molecule has 1 aromatic heterocycles. The first-order chi connectivity index (χ1) is 10.3. The lowest BCUT2D eigenvalue weighted by molar-refractivity contribution is 0.184. The number of nitrogens with zero attached hydrogens (tertiary/aromatic N) is 3. The number of hydrogen-bond donors (Lipinski definition) is 1. The maximum atomic E-state index is 5.93. The van der Waals surface area contributed by atoms with Crippen molar-refractivity contribution in [3.63, 3.8) is 0 Å². The predicted octanol–water partition coefficient (Wildman–Crippen LogP) is 2.20. The number of benzene rings is 1. The van der Waals surface area contributed by atoms with Crippen molar-refractivity contribution in [3.05, 3.63) is 41.7 Å². The Labute approximate surface area is 125 Å². The molecule has 0 bridgehead atoms. The highest BCUT2D eigenvalue weighted by Crippen LogP contribution is 2.33. The van der Waals surface area contributed by atoms with Gasteiger partial charge in [0.15, 0.2) is 0 Å². The maximum absolute atomic E-state index is 5.93. The molecule has 0 amide bonds. The number of fused-ring (bicyclic) bond motifs is 1. The highest BCUT2D eigenvalue weighted by atomic mass is 16.5. The third-order valence-electron chi connectivity index (χ3n) is 4.09. The van der Waals surface area contributed by atoms with Crippen molar-refractivity contribution in [1.82, 2.24) is 20.3 Å². The Hall–Kier alpha value is -1.88. The summed E-state index contributed by atoms with van der Waals surface area (Å²) in [7, 11) is 1.99. The standard InChI is InChI=1S/C16H22N4O/c1-3-8-20-14(10-18-19-20)16(17-2)13-9-12-6-4-5-7-15(12)21-11-13/h4-7,10,13,16-17H,3,8-9,11H2,1-2H3. The van der Waals surface area contributed by atoms with E-state index in [0.29, 0.717) is 5.92 Å². The molecule has 2 atom stereocenters. The Morgan fingerprint density at radius 1 is 1.43 bits per heavy atom. The Bertz CT molecular complexity index is 595. The van der Waals surface area contributed by atoms with Crippen LogP contribution in [0.15, 0.2) is 30.5 Å². The summed E-state index contributed by atoms with van der Waals surface area (Å²) in [5.41, 5.74) is 2.43. The van der Waals surface area contributed by atoms with Crippen LogP contribution in [-0.2, 0) is 13.0 Å². The quantitative estimate of drug-likeness (QED) is 0.915. The van der Waals surface area contributed by atoms with Gasteiger partial charge in [-0.1, -0.05) is 30.3 Å². The van der Waals surface area contributed by atoms with E-state index < -0.39 is 0 Å². The number of nitrogens with one attached hydrogen (secondary N) is 1. The lowest BCUT2D eigenvalue weighted by Gasteiger charge is -2.31. The van der Waals surface area contributed by atoms with E-state index in [0.717, 1.165) is 37.4 Å². The fourth-order valence-electron chi connectivity index (χ4n) is 3.08. The molecule has 1 aromatic carbocycles. The minimum absolute atomic E-state index is 0.208. The van der Waals surface area contributed by atoms with Crippen LogP contribution < -0.4 is 10.1 Å². The second-order valence-corrected chi connectivity index (χ2v) is 5.53. The molecule has 1 aliphatic heterocycles. The van der Waals surface area contributed by atoms with E-state index in [1.54, 1.807) is 0 Å². The summed E-state index contributed by atoms with van der Waals surface area (Å²) in [5.74, 6) is 1.41. The lowest BCUT2D eigenvalue weighted by atomic mass is 9.89. The van der Waals surface area contributed by atoms with Crippen LogP contribution in [0.25, 0.3) is 0 Å². The summed E-state index contributed by atoms with van der Waals surface area (Å²) in [5, 5.41) is 11.7. The molecule has 1 aliphatic rings. The highest BCUT2D eigenvalue weighted by Gasteiger charge is 2.29.